The van der Waals surface area contributed by atoms with Crippen molar-refractivity contribution in [2.45, 2.75) is 0 Å². The molecule has 0 heterocycles. The summed E-state index contributed by atoms with van der Waals surface area (Å²) in [5, 5.41) is 1.93. The van der Waals surface area contributed by atoms with Crippen molar-refractivity contribution in [1.82, 2.24) is 0 Å². The van der Waals surface area contributed by atoms with Crippen LogP contribution < -0.4 is 4.74 Å². The second-order valence-electron chi connectivity index (χ2n) is 3.68. The van der Waals surface area contributed by atoms with Crippen molar-refractivity contribution >= 4 is 16.7 Å². The van der Waals surface area contributed by atoms with Gasteiger partial charge in [-0.25, -0.2) is 4.79 Å². The number of ether oxygens (including phenoxy) is 2. The van der Waals surface area contributed by atoms with Crippen LogP contribution in [0.4, 0.5) is 0 Å². The van der Waals surface area contributed by atoms with E-state index in [-0.39, 0.29) is 6.61 Å². The van der Waals surface area contributed by atoms with E-state index in [2.05, 4.69) is 5.92 Å². The number of fused-ring (bicyclic) bond motifs is 1. The Balaban J connectivity index is 2.56. The molecule has 0 fully saturated rings. The molecule has 0 atom stereocenters. The maximum Gasteiger partial charge on any atom is 0.341 e. The smallest absolute Gasteiger partial charge is 0.341 e. The Bertz CT molecular complexity index is 623. The van der Waals surface area contributed by atoms with Gasteiger partial charge < -0.3 is 9.47 Å². The van der Waals surface area contributed by atoms with Crippen LogP contribution in [-0.2, 0) is 4.74 Å². The fourth-order valence-electron chi connectivity index (χ4n) is 1.73. The average Bonchev–Trinajstić information content (AvgIpc) is 2.43. The molecule has 0 spiro atoms. The number of carbonyl (C=O) groups is 1. The molecule has 3 nitrogen and oxygen atoms in total. The van der Waals surface area contributed by atoms with Crippen LogP contribution in [0, 0.1) is 12.3 Å². The normalized spacial score (nSPS) is 9.78. The van der Waals surface area contributed by atoms with E-state index in [9.17, 15) is 4.79 Å². The Hall–Kier alpha value is -2.47. The molecule has 18 heavy (non-hydrogen) atoms. The molecule has 0 saturated heterocycles. The third-order valence-corrected chi connectivity index (χ3v) is 2.56. The van der Waals surface area contributed by atoms with E-state index >= 15 is 0 Å². The zero-order valence-corrected chi connectivity index (χ0v) is 9.97. The number of carbonyl (C=O) groups excluding carboxylic acids is 1. The summed E-state index contributed by atoms with van der Waals surface area (Å²) in [7, 11) is 1.34. The number of hydrogen-bond donors (Lipinski definition) is 0. The molecular weight excluding hydrogens is 228 g/mol. The number of esters is 1. The molecule has 0 aliphatic carbocycles. The second-order valence-corrected chi connectivity index (χ2v) is 3.68. The first-order valence-electron chi connectivity index (χ1n) is 5.43. The molecule has 0 aromatic heterocycles. The third-order valence-electron chi connectivity index (χ3n) is 2.56. The maximum atomic E-state index is 11.7. The topological polar surface area (TPSA) is 35.5 Å². The average molecular weight is 240 g/mol. The number of terminal acetylenes is 1. The highest BCUT2D eigenvalue weighted by atomic mass is 16.5. The SMILES string of the molecule is C#CCOc1cc2ccccc2cc1C(=O)OC. The lowest BCUT2D eigenvalue weighted by Crippen LogP contribution is -2.06. The number of methoxy groups -OCH3 is 1. The molecule has 2 aromatic carbocycles. The Labute approximate surface area is 105 Å². The van der Waals surface area contributed by atoms with Crippen molar-refractivity contribution in [3.63, 3.8) is 0 Å². The molecular formula is C15H12O3. The van der Waals surface area contributed by atoms with E-state index < -0.39 is 5.97 Å². The first-order chi connectivity index (χ1) is 8.76. The third kappa shape index (κ3) is 2.28. The largest absolute Gasteiger partial charge is 0.480 e. The second kappa shape index (κ2) is 5.24. The van der Waals surface area contributed by atoms with Gasteiger partial charge in [-0.05, 0) is 22.9 Å². The van der Waals surface area contributed by atoms with Gasteiger partial charge in [0.1, 0.15) is 17.9 Å². The Kier molecular flexibility index (Phi) is 3.49. The highest BCUT2D eigenvalue weighted by Gasteiger charge is 2.14. The Morgan fingerprint density at radius 2 is 1.94 bits per heavy atom. The van der Waals surface area contributed by atoms with Crippen molar-refractivity contribution in [3.8, 4) is 18.1 Å². The molecule has 90 valence electrons. The fraction of sp³-hybridized carbons (Fsp3) is 0.133. The van der Waals surface area contributed by atoms with Crippen LogP contribution >= 0.6 is 0 Å². The summed E-state index contributed by atoms with van der Waals surface area (Å²) in [6.45, 7) is 0.113. The summed E-state index contributed by atoms with van der Waals surface area (Å²) in [5.41, 5.74) is 0.381. The minimum atomic E-state index is -0.437. The van der Waals surface area contributed by atoms with Gasteiger partial charge in [0.25, 0.3) is 0 Å². The van der Waals surface area contributed by atoms with E-state index in [4.69, 9.17) is 15.9 Å². The quantitative estimate of drug-likeness (QED) is 0.611. The first-order valence-corrected chi connectivity index (χ1v) is 5.43. The van der Waals surface area contributed by atoms with Gasteiger partial charge in [-0.2, -0.15) is 0 Å². The summed E-state index contributed by atoms with van der Waals surface area (Å²) < 4.78 is 10.1. The molecule has 0 unspecified atom stereocenters. The highest BCUT2D eigenvalue weighted by Crippen LogP contribution is 2.26. The van der Waals surface area contributed by atoms with E-state index in [1.54, 1.807) is 12.1 Å². The number of benzene rings is 2. The van der Waals surface area contributed by atoms with Crippen LogP contribution in [0.2, 0.25) is 0 Å². The predicted octanol–water partition coefficient (Wildman–Crippen LogP) is 2.64. The molecule has 3 heteroatoms. The van der Waals surface area contributed by atoms with Crippen molar-refractivity contribution in [2.24, 2.45) is 0 Å². The molecule has 0 aliphatic heterocycles. The van der Waals surface area contributed by atoms with Crippen LogP contribution in [0.25, 0.3) is 10.8 Å². The summed E-state index contributed by atoms with van der Waals surface area (Å²) in [6.07, 6.45) is 5.16. The zero-order chi connectivity index (χ0) is 13.0. The lowest BCUT2D eigenvalue weighted by Gasteiger charge is -2.10. The van der Waals surface area contributed by atoms with E-state index in [0.717, 1.165) is 10.8 Å². The monoisotopic (exact) mass is 240 g/mol. The van der Waals surface area contributed by atoms with Crippen LogP contribution in [0.1, 0.15) is 10.4 Å². The van der Waals surface area contributed by atoms with Gasteiger partial charge in [0, 0.05) is 0 Å². The van der Waals surface area contributed by atoms with Gasteiger partial charge in [-0.15, -0.1) is 6.42 Å². The molecule has 0 N–H and O–H groups in total. The van der Waals surface area contributed by atoms with Crippen molar-refractivity contribution < 1.29 is 14.3 Å². The Morgan fingerprint density at radius 1 is 1.28 bits per heavy atom. The lowest BCUT2D eigenvalue weighted by atomic mass is 10.1. The van der Waals surface area contributed by atoms with Crippen molar-refractivity contribution in [3.05, 3.63) is 42.0 Å². The zero-order valence-electron chi connectivity index (χ0n) is 9.97. The summed E-state index contributed by atoms with van der Waals surface area (Å²) in [5.74, 6) is 2.38. The lowest BCUT2D eigenvalue weighted by molar-refractivity contribution is 0.0597. The summed E-state index contributed by atoms with van der Waals surface area (Å²) >= 11 is 0. The van der Waals surface area contributed by atoms with Crippen LogP contribution in [0.3, 0.4) is 0 Å². The maximum absolute atomic E-state index is 11.7. The van der Waals surface area contributed by atoms with Crippen LogP contribution in [-0.4, -0.2) is 19.7 Å². The van der Waals surface area contributed by atoms with Crippen molar-refractivity contribution in [2.75, 3.05) is 13.7 Å². The van der Waals surface area contributed by atoms with Gasteiger partial charge >= 0.3 is 5.97 Å². The molecule has 0 bridgehead atoms. The summed E-state index contributed by atoms with van der Waals surface area (Å²) in [4.78, 5) is 11.7. The fourth-order valence-corrected chi connectivity index (χ4v) is 1.73. The van der Waals surface area contributed by atoms with Gasteiger partial charge in [-0.3, -0.25) is 0 Å². The van der Waals surface area contributed by atoms with E-state index in [1.165, 1.54) is 7.11 Å². The van der Waals surface area contributed by atoms with Gasteiger partial charge in [-0.1, -0.05) is 30.2 Å². The van der Waals surface area contributed by atoms with Crippen LogP contribution in [0.5, 0.6) is 5.75 Å². The molecule has 0 radical (unpaired) electrons. The first kappa shape index (κ1) is 12.0. The van der Waals surface area contributed by atoms with Gasteiger partial charge in [0.05, 0.1) is 7.11 Å². The molecule has 0 amide bonds. The molecule has 0 aliphatic rings. The van der Waals surface area contributed by atoms with E-state index in [0.29, 0.717) is 11.3 Å². The number of hydrogen-bond acceptors (Lipinski definition) is 3. The van der Waals surface area contributed by atoms with Gasteiger partial charge in [0.2, 0.25) is 0 Å². The standard InChI is InChI=1S/C15H12O3/c1-3-8-18-14-10-12-7-5-4-6-11(12)9-13(14)15(16)17-2/h1,4-7,9-10H,8H2,2H3. The summed E-state index contributed by atoms with van der Waals surface area (Å²) in [6, 6.07) is 11.2. The molecule has 2 rings (SSSR count). The van der Waals surface area contributed by atoms with Gasteiger partial charge in [0.15, 0.2) is 0 Å². The minimum Gasteiger partial charge on any atom is -0.480 e. The van der Waals surface area contributed by atoms with Crippen molar-refractivity contribution in [1.29, 1.82) is 0 Å². The molecule has 2 aromatic rings. The predicted molar refractivity (Wildman–Crippen MR) is 69.6 cm³/mol. The highest BCUT2D eigenvalue weighted by molar-refractivity contribution is 5.98. The molecule has 0 saturated carbocycles. The number of rotatable bonds is 3. The van der Waals surface area contributed by atoms with Crippen LogP contribution in [0.15, 0.2) is 36.4 Å². The Morgan fingerprint density at radius 3 is 2.56 bits per heavy atom. The minimum absolute atomic E-state index is 0.113. The van der Waals surface area contributed by atoms with E-state index in [1.807, 2.05) is 24.3 Å².